The third-order valence-corrected chi connectivity index (χ3v) is 2.91. The average Bonchev–Trinajstić information content (AvgIpc) is 1.14. The van der Waals surface area contributed by atoms with Crippen molar-refractivity contribution in [1.29, 1.82) is 0 Å². The Balaban J connectivity index is 4.07. The Kier molecular flexibility index (Phi) is 3.24. The van der Waals surface area contributed by atoms with Gasteiger partial charge in [-0.15, -0.1) is 0 Å². The molecular formula is F4OP2S2. The highest BCUT2D eigenvalue weighted by Gasteiger charge is 2.27. The Hall–Kier alpha value is 0.980. The molecule has 0 saturated carbocycles. The number of halogens is 4. The molecule has 0 rings (SSSR count). The lowest BCUT2D eigenvalue weighted by Gasteiger charge is -2.02. The van der Waals surface area contributed by atoms with Crippen LogP contribution < -0.4 is 0 Å². The van der Waals surface area contributed by atoms with Crippen molar-refractivity contribution < 1.29 is 21.1 Å². The topological polar surface area (TPSA) is 9.23 Å². The van der Waals surface area contributed by atoms with Gasteiger partial charge in [-0.05, 0) is 0 Å². The molecular weight excluding hydrogens is 218 g/mol. The molecule has 0 radical (unpaired) electrons. The normalized spacial score (nSPS) is 13.8. The van der Waals surface area contributed by atoms with E-state index in [1.165, 1.54) is 0 Å². The molecule has 0 aliphatic heterocycles. The van der Waals surface area contributed by atoms with E-state index >= 15 is 0 Å². The zero-order valence-corrected chi connectivity index (χ0v) is 7.05. The largest absolute Gasteiger partial charge is 0.410 e. The molecule has 9 heavy (non-hydrogen) atoms. The summed E-state index contributed by atoms with van der Waals surface area (Å²) >= 11 is 6.54. The number of hydrogen-bond donors (Lipinski definition) is 0. The zero-order chi connectivity index (χ0) is 7.71. The molecule has 56 valence electrons. The lowest BCUT2D eigenvalue weighted by molar-refractivity contribution is 0.472. The lowest BCUT2D eigenvalue weighted by atomic mass is 15.9. The van der Waals surface area contributed by atoms with Gasteiger partial charge in [0.2, 0.25) is 0 Å². The maximum Gasteiger partial charge on any atom is 0.410 e. The van der Waals surface area contributed by atoms with Crippen molar-refractivity contribution in [3.05, 3.63) is 0 Å². The van der Waals surface area contributed by atoms with Gasteiger partial charge in [0.05, 0.1) is 0 Å². The van der Waals surface area contributed by atoms with Crippen LogP contribution in [0.2, 0.25) is 0 Å². The molecule has 0 aliphatic carbocycles. The fourth-order valence-corrected chi connectivity index (χ4v) is 2.88. The van der Waals surface area contributed by atoms with Crippen LogP contribution in [0.1, 0.15) is 0 Å². The molecule has 0 bridgehead atoms. The third-order valence-electron chi connectivity index (χ3n) is 0.190. The summed E-state index contributed by atoms with van der Waals surface area (Å²) in [7, 11) is 0. The van der Waals surface area contributed by atoms with Crippen molar-refractivity contribution in [1.82, 2.24) is 0 Å². The number of hydrogen-bond acceptors (Lipinski definition) is 3. The minimum Gasteiger partial charge on any atom is -0.217 e. The standard InChI is InChI=1S/F4OP2S2/c1-6(2,8)5-7(3,4)9. The van der Waals surface area contributed by atoms with Gasteiger partial charge in [-0.1, -0.05) is 0 Å². The summed E-state index contributed by atoms with van der Waals surface area (Å²) in [6, 6.07) is 0. The van der Waals surface area contributed by atoms with E-state index in [4.69, 9.17) is 0 Å². The van der Waals surface area contributed by atoms with E-state index in [0.717, 1.165) is 0 Å². The predicted molar refractivity (Wildman–Crippen MR) is 34.1 cm³/mol. The van der Waals surface area contributed by atoms with E-state index in [9.17, 15) is 16.8 Å². The van der Waals surface area contributed by atoms with Gasteiger partial charge >= 0.3 is 13.8 Å². The van der Waals surface area contributed by atoms with Gasteiger partial charge in [-0.25, -0.2) is 4.31 Å². The second-order valence-corrected chi connectivity index (χ2v) is 5.77. The molecule has 0 aromatic carbocycles. The molecule has 0 atom stereocenters. The maximum absolute atomic E-state index is 11.4. The second-order valence-electron chi connectivity index (χ2n) is 0.911. The minimum absolute atomic E-state index is 2.81. The smallest absolute Gasteiger partial charge is 0.217 e. The first kappa shape index (κ1) is 9.98. The van der Waals surface area contributed by atoms with Crippen LogP contribution in [0, 0.1) is 0 Å². The molecule has 0 fully saturated rings. The van der Waals surface area contributed by atoms with Crippen LogP contribution in [-0.4, -0.2) is 0 Å². The molecule has 0 aliphatic rings. The molecule has 0 N–H and O–H groups in total. The Labute approximate surface area is 59.1 Å². The quantitative estimate of drug-likeness (QED) is 0.519. The summed E-state index contributed by atoms with van der Waals surface area (Å²) in [5.41, 5.74) is 0. The van der Waals surface area contributed by atoms with Gasteiger partial charge in [-0.3, -0.25) is 0 Å². The minimum atomic E-state index is -5.26. The lowest BCUT2D eigenvalue weighted by Crippen LogP contribution is -1.66. The van der Waals surface area contributed by atoms with E-state index < -0.39 is 13.8 Å². The summed E-state index contributed by atoms with van der Waals surface area (Å²) in [5.74, 6) is 0. The Bertz CT molecular complexity index is 157. The van der Waals surface area contributed by atoms with Crippen molar-refractivity contribution in [2.45, 2.75) is 0 Å². The molecule has 0 unspecified atom stereocenters. The number of rotatable bonds is 2. The zero-order valence-electron chi connectivity index (χ0n) is 3.63. The van der Waals surface area contributed by atoms with Crippen molar-refractivity contribution in [2.24, 2.45) is 0 Å². The highest BCUT2D eigenvalue weighted by atomic mass is 32.5. The molecule has 0 aromatic heterocycles. The first-order chi connectivity index (χ1) is 3.71. The van der Waals surface area contributed by atoms with Crippen LogP contribution in [0.3, 0.4) is 0 Å². The van der Waals surface area contributed by atoms with Gasteiger partial charge in [0.25, 0.3) is 0 Å². The van der Waals surface area contributed by atoms with E-state index in [1.807, 2.05) is 0 Å². The van der Waals surface area contributed by atoms with Crippen molar-refractivity contribution in [3.8, 4) is 0 Å². The third kappa shape index (κ3) is 8.98. The molecule has 9 heteroatoms. The molecule has 0 spiro atoms. The second kappa shape index (κ2) is 2.93. The van der Waals surface area contributed by atoms with Crippen LogP contribution >= 0.6 is 13.8 Å². The molecule has 0 heterocycles. The van der Waals surface area contributed by atoms with Gasteiger partial charge < -0.3 is 0 Å². The summed E-state index contributed by atoms with van der Waals surface area (Å²) in [6.45, 7) is -10.5. The maximum atomic E-state index is 11.4. The van der Waals surface area contributed by atoms with E-state index in [2.05, 4.69) is 27.9 Å². The first-order valence-electron chi connectivity index (χ1n) is 1.41. The van der Waals surface area contributed by atoms with E-state index in [-0.39, 0.29) is 0 Å². The Morgan fingerprint density at radius 3 is 1.11 bits per heavy atom. The highest BCUT2D eigenvalue weighted by molar-refractivity contribution is 8.14. The average molecular weight is 218 g/mol. The van der Waals surface area contributed by atoms with Crippen LogP contribution in [0.4, 0.5) is 16.8 Å². The van der Waals surface area contributed by atoms with Gasteiger partial charge in [0, 0.05) is 23.6 Å². The molecule has 0 aromatic rings. The predicted octanol–water partition coefficient (Wildman–Crippen LogP) is 3.33. The van der Waals surface area contributed by atoms with E-state index in [0.29, 0.717) is 0 Å². The summed E-state index contributed by atoms with van der Waals surface area (Å²) in [4.78, 5) is 0. The molecule has 0 saturated heterocycles. The fraction of sp³-hybridized carbons (Fsp3) is 0. The van der Waals surface area contributed by atoms with E-state index in [1.54, 1.807) is 0 Å². The Morgan fingerprint density at radius 2 is 1.11 bits per heavy atom. The van der Waals surface area contributed by atoms with Crippen LogP contribution in [0.25, 0.3) is 0 Å². The fourth-order valence-electron chi connectivity index (χ4n) is 0.111. The first-order valence-corrected chi connectivity index (χ1v) is 6.41. The van der Waals surface area contributed by atoms with Crippen LogP contribution in [0.5, 0.6) is 0 Å². The van der Waals surface area contributed by atoms with Gasteiger partial charge in [-0.2, -0.15) is 16.8 Å². The van der Waals surface area contributed by atoms with Crippen LogP contribution in [-0.2, 0) is 27.9 Å². The van der Waals surface area contributed by atoms with Crippen LogP contribution in [0.15, 0.2) is 0 Å². The highest BCUT2D eigenvalue weighted by Crippen LogP contribution is 2.67. The molecule has 1 nitrogen and oxygen atoms in total. The SMILES string of the molecule is FP(F)(=S)OP(F)(F)=S. The summed E-state index contributed by atoms with van der Waals surface area (Å²) in [6.07, 6.45) is 0. The van der Waals surface area contributed by atoms with Gasteiger partial charge in [0.1, 0.15) is 0 Å². The van der Waals surface area contributed by atoms with Crippen molar-refractivity contribution >= 4 is 37.4 Å². The monoisotopic (exact) mass is 218 g/mol. The summed E-state index contributed by atoms with van der Waals surface area (Å²) < 4.78 is 48.4. The van der Waals surface area contributed by atoms with Gasteiger partial charge in [0.15, 0.2) is 0 Å². The summed E-state index contributed by atoms with van der Waals surface area (Å²) in [5, 5.41) is 0. The Morgan fingerprint density at radius 1 is 0.889 bits per heavy atom. The van der Waals surface area contributed by atoms with Crippen molar-refractivity contribution in [3.63, 3.8) is 0 Å². The van der Waals surface area contributed by atoms with Crippen molar-refractivity contribution in [2.75, 3.05) is 0 Å². The molecule has 0 amide bonds.